The summed E-state index contributed by atoms with van der Waals surface area (Å²) in [6.45, 7) is 0. The van der Waals surface area contributed by atoms with Crippen LogP contribution in [0, 0.1) is 0 Å². The lowest BCUT2D eigenvalue weighted by molar-refractivity contribution is 0.318. The van der Waals surface area contributed by atoms with Crippen molar-refractivity contribution < 1.29 is 5.21 Å². The fourth-order valence-electron chi connectivity index (χ4n) is 1.31. The first-order chi connectivity index (χ1) is 6.72. The third-order valence-electron chi connectivity index (χ3n) is 1.94. The quantitative estimate of drug-likeness (QED) is 0.422. The Bertz CT molecular complexity index is 429. The average Bonchev–Trinajstić information content (AvgIpc) is 2.18. The van der Waals surface area contributed by atoms with Gasteiger partial charge in [-0.1, -0.05) is 28.9 Å². The van der Waals surface area contributed by atoms with Crippen LogP contribution in [0.1, 0.15) is 11.3 Å². The first-order valence-electron chi connectivity index (χ1n) is 3.92. The fraction of sp³-hybridized carbons (Fsp3) is 0.111. The minimum Gasteiger partial charge on any atom is -0.411 e. The van der Waals surface area contributed by atoms with E-state index in [9.17, 15) is 0 Å². The number of allylic oxidation sites excluding steroid dienone is 1. The maximum atomic E-state index is 8.77. The Morgan fingerprint density at radius 2 is 2.29 bits per heavy atom. The second-order valence-electron chi connectivity index (χ2n) is 2.84. The molecule has 1 heterocycles. The highest BCUT2D eigenvalue weighted by Crippen LogP contribution is 2.23. The predicted molar refractivity (Wildman–Crippen MR) is 56.2 cm³/mol. The Morgan fingerprint density at radius 1 is 1.50 bits per heavy atom. The minimum absolute atomic E-state index is 0.348. The van der Waals surface area contributed by atoms with Crippen molar-refractivity contribution in [2.45, 2.75) is 5.38 Å². The van der Waals surface area contributed by atoms with Crippen molar-refractivity contribution in [1.82, 2.24) is 4.98 Å². The molecule has 1 aliphatic carbocycles. The van der Waals surface area contributed by atoms with E-state index < -0.39 is 5.38 Å². The molecule has 0 bridgehead atoms. The van der Waals surface area contributed by atoms with Crippen LogP contribution >= 0.6 is 23.2 Å². The van der Waals surface area contributed by atoms with Gasteiger partial charge in [-0.05, 0) is 6.07 Å². The molecule has 1 N–H and O–H groups in total. The highest BCUT2D eigenvalue weighted by atomic mass is 35.5. The summed E-state index contributed by atoms with van der Waals surface area (Å²) >= 11 is 11.7. The molecule has 0 aromatic carbocycles. The zero-order valence-electron chi connectivity index (χ0n) is 6.98. The van der Waals surface area contributed by atoms with E-state index in [0.29, 0.717) is 16.4 Å². The SMILES string of the molecule is ON=C1c2ncc(Cl)cc2C=CC1Cl. The van der Waals surface area contributed by atoms with Crippen molar-refractivity contribution in [3.05, 3.63) is 34.6 Å². The predicted octanol–water partition coefficient (Wildman–Crippen LogP) is 2.55. The third kappa shape index (κ3) is 1.49. The van der Waals surface area contributed by atoms with Gasteiger partial charge in [0.05, 0.1) is 16.1 Å². The molecule has 1 aromatic heterocycles. The van der Waals surface area contributed by atoms with Gasteiger partial charge in [-0.15, -0.1) is 11.6 Å². The molecule has 0 fully saturated rings. The van der Waals surface area contributed by atoms with E-state index in [-0.39, 0.29) is 0 Å². The summed E-state index contributed by atoms with van der Waals surface area (Å²) in [5, 5.41) is 12.0. The summed E-state index contributed by atoms with van der Waals surface area (Å²) in [7, 11) is 0. The number of fused-ring (bicyclic) bond motifs is 1. The van der Waals surface area contributed by atoms with Gasteiger partial charge in [0.15, 0.2) is 0 Å². The highest BCUT2D eigenvalue weighted by Gasteiger charge is 2.21. The lowest BCUT2D eigenvalue weighted by Crippen LogP contribution is -2.19. The number of pyridine rings is 1. The second kappa shape index (κ2) is 3.59. The van der Waals surface area contributed by atoms with E-state index in [2.05, 4.69) is 10.1 Å². The van der Waals surface area contributed by atoms with Gasteiger partial charge in [0.25, 0.3) is 0 Å². The summed E-state index contributed by atoms with van der Waals surface area (Å²) in [4.78, 5) is 4.06. The van der Waals surface area contributed by atoms with Gasteiger partial charge < -0.3 is 5.21 Å². The van der Waals surface area contributed by atoms with Crippen molar-refractivity contribution in [3.8, 4) is 0 Å². The molecule has 0 spiro atoms. The molecule has 1 aromatic rings. The Labute approximate surface area is 90.7 Å². The number of alkyl halides is 1. The van der Waals surface area contributed by atoms with Crippen molar-refractivity contribution in [2.75, 3.05) is 0 Å². The molecule has 1 unspecified atom stereocenters. The van der Waals surface area contributed by atoms with Crippen LogP contribution in [0.5, 0.6) is 0 Å². The van der Waals surface area contributed by atoms with Gasteiger partial charge in [0, 0.05) is 11.8 Å². The first kappa shape index (κ1) is 9.49. The van der Waals surface area contributed by atoms with Crippen molar-refractivity contribution in [2.24, 2.45) is 5.16 Å². The van der Waals surface area contributed by atoms with E-state index in [0.717, 1.165) is 5.56 Å². The molecule has 1 atom stereocenters. The third-order valence-corrected chi connectivity index (χ3v) is 2.50. The summed E-state index contributed by atoms with van der Waals surface area (Å²) in [6.07, 6.45) is 5.02. The molecule has 2 rings (SSSR count). The van der Waals surface area contributed by atoms with Gasteiger partial charge >= 0.3 is 0 Å². The monoisotopic (exact) mass is 228 g/mol. The van der Waals surface area contributed by atoms with Crippen LogP contribution in [-0.4, -0.2) is 21.3 Å². The van der Waals surface area contributed by atoms with Crippen molar-refractivity contribution in [1.29, 1.82) is 0 Å². The summed E-state index contributed by atoms with van der Waals surface area (Å²) in [5.74, 6) is 0. The molecular weight excluding hydrogens is 223 g/mol. The first-order valence-corrected chi connectivity index (χ1v) is 4.74. The van der Waals surface area contributed by atoms with Crippen LogP contribution in [-0.2, 0) is 0 Å². The summed E-state index contributed by atoms with van der Waals surface area (Å²) in [5.41, 5.74) is 1.72. The molecule has 0 amide bonds. The van der Waals surface area contributed by atoms with Gasteiger partial charge in [0.2, 0.25) is 0 Å². The molecule has 1 aliphatic rings. The number of rotatable bonds is 0. The fourth-order valence-corrected chi connectivity index (χ4v) is 1.69. The smallest absolute Gasteiger partial charge is 0.127 e. The van der Waals surface area contributed by atoms with E-state index in [4.69, 9.17) is 28.4 Å². The largest absolute Gasteiger partial charge is 0.411 e. The topological polar surface area (TPSA) is 45.5 Å². The van der Waals surface area contributed by atoms with Gasteiger partial charge in [-0.2, -0.15) is 0 Å². The Kier molecular flexibility index (Phi) is 2.44. The lowest BCUT2D eigenvalue weighted by atomic mass is 10.0. The van der Waals surface area contributed by atoms with E-state index >= 15 is 0 Å². The van der Waals surface area contributed by atoms with Crippen LogP contribution in [0.25, 0.3) is 6.08 Å². The molecule has 14 heavy (non-hydrogen) atoms. The maximum Gasteiger partial charge on any atom is 0.127 e. The van der Waals surface area contributed by atoms with Gasteiger partial charge in [-0.3, -0.25) is 4.98 Å². The highest BCUT2D eigenvalue weighted by molar-refractivity contribution is 6.37. The number of aromatic nitrogens is 1. The summed E-state index contributed by atoms with van der Waals surface area (Å²) in [6, 6.07) is 1.74. The number of oxime groups is 1. The molecule has 5 heteroatoms. The van der Waals surface area contributed by atoms with Gasteiger partial charge in [-0.25, -0.2) is 0 Å². The normalized spacial score (nSPS) is 22.4. The van der Waals surface area contributed by atoms with Crippen LogP contribution in [0.3, 0.4) is 0 Å². The standard InChI is InChI=1S/C9H6Cl2N2O/c10-6-3-5-1-2-7(11)9(13-14)8(5)12-4-6/h1-4,7,14H. The lowest BCUT2D eigenvalue weighted by Gasteiger charge is -2.14. The number of hydrogen-bond acceptors (Lipinski definition) is 3. The molecule has 0 saturated heterocycles. The number of nitrogens with zero attached hydrogens (tertiary/aromatic N) is 2. The Morgan fingerprint density at radius 3 is 3.00 bits per heavy atom. The Hall–Kier alpha value is -1.06. The van der Waals surface area contributed by atoms with Gasteiger partial charge in [0.1, 0.15) is 5.71 Å². The zero-order chi connectivity index (χ0) is 10.1. The van der Waals surface area contributed by atoms with E-state index in [1.165, 1.54) is 6.20 Å². The van der Waals surface area contributed by atoms with Crippen LogP contribution < -0.4 is 0 Å². The van der Waals surface area contributed by atoms with Crippen molar-refractivity contribution in [3.63, 3.8) is 0 Å². The Balaban J connectivity index is 2.61. The minimum atomic E-state index is -0.443. The molecular formula is C9H6Cl2N2O. The van der Waals surface area contributed by atoms with E-state index in [1.54, 1.807) is 18.2 Å². The number of hydrogen-bond donors (Lipinski definition) is 1. The molecule has 0 saturated carbocycles. The maximum absolute atomic E-state index is 8.77. The second-order valence-corrected chi connectivity index (χ2v) is 3.74. The number of halogens is 2. The average molecular weight is 229 g/mol. The molecule has 0 aliphatic heterocycles. The van der Waals surface area contributed by atoms with E-state index in [1.807, 2.05) is 0 Å². The van der Waals surface area contributed by atoms with Crippen molar-refractivity contribution >= 4 is 35.0 Å². The van der Waals surface area contributed by atoms with Crippen LogP contribution in [0.15, 0.2) is 23.5 Å². The molecule has 3 nitrogen and oxygen atoms in total. The van der Waals surface area contributed by atoms with Crippen LogP contribution in [0.2, 0.25) is 5.02 Å². The van der Waals surface area contributed by atoms with Crippen LogP contribution in [0.4, 0.5) is 0 Å². The molecule has 0 radical (unpaired) electrons. The zero-order valence-corrected chi connectivity index (χ0v) is 8.50. The summed E-state index contributed by atoms with van der Waals surface area (Å²) < 4.78 is 0. The molecule has 72 valence electrons.